The molecule has 1 aliphatic heterocycles. The summed E-state index contributed by atoms with van der Waals surface area (Å²) in [6.07, 6.45) is -8.68. The van der Waals surface area contributed by atoms with Crippen molar-refractivity contribution in [3.63, 3.8) is 0 Å². The van der Waals surface area contributed by atoms with Gasteiger partial charge in [0.2, 0.25) is 0 Å². The minimum Gasteiger partial charge on any atom is -0.493 e. The number of hydrogen-bond acceptors (Lipinski definition) is 6. The molecule has 35 heavy (non-hydrogen) atoms. The van der Waals surface area contributed by atoms with Gasteiger partial charge in [-0.2, -0.15) is 26.3 Å². The molecule has 1 fully saturated rings. The molecule has 1 amide bonds. The Kier molecular flexibility index (Phi) is 8.02. The maximum Gasteiger partial charge on any atom is 0.416 e. The second kappa shape index (κ2) is 10.5. The maximum atomic E-state index is 13.5. The number of rotatable bonds is 7. The Balaban J connectivity index is 2.27. The highest BCUT2D eigenvalue weighted by molar-refractivity contribution is 8.26. The molecule has 2 aromatic rings. The van der Waals surface area contributed by atoms with E-state index in [1.807, 2.05) is 0 Å². The number of amides is 1. The maximum absolute atomic E-state index is 13.5. The first-order chi connectivity index (χ1) is 16.3. The number of hydrogen-bond donors (Lipinski definition) is 1. The topological polar surface area (TPSA) is 56.8 Å². The summed E-state index contributed by atoms with van der Waals surface area (Å²) in [7, 11) is 2.66. The second-order valence-electron chi connectivity index (χ2n) is 7.09. The Morgan fingerprint density at radius 1 is 0.971 bits per heavy atom. The lowest BCUT2D eigenvalue weighted by Crippen LogP contribution is -2.17. The van der Waals surface area contributed by atoms with Crippen molar-refractivity contribution < 1.29 is 45.3 Å². The molecule has 0 bridgehead atoms. The third kappa shape index (κ3) is 6.47. The van der Waals surface area contributed by atoms with Gasteiger partial charge in [-0.3, -0.25) is 4.79 Å². The average molecular weight is 538 g/mol. The predicted molar refractivity (Wildman–Crippen MR) is 122 cm³/mol. The monoisotopic (exact) mass is 537 g/mol. The molecular formula is C22H17F6NO4S2. The van der Waals surface area contributed by atoms with Crippen LogP contribution in [0.2, 0.25) is 0 Å². The lowest BCUT2D eigenvalue weighted by atomic mass is 9.96. The zero-order valence-corrected chi connectivity index (χ0v) is 19.7. The van der Waals surface area contributed by atoms with E-state index in [9.17, 15) is 31.1 Å². The predicted octanol–water partition coefficient (Wildman–Crippen LogP) is 5.91. The Bertz CT molecular complexity index is 1150. The summed E-state index contributed by atoms with van der Waals surface area (Å²) >= 11 is 5.90. The number of carbonyl (C=O) groups is 1. The van der Waals surface area contributed by atoms with E-state index in [0.717, 1.165) is 11.8 Å². The first-order valence-electron chi connectivity index (χ1n) is 9.72. The molecule has 1 N–H and O–H groups in total. The molecule has 0 radical (unpaired) electrons. The summed E-state index contributed by atoms with van der Waals surface area (Å²) in [5.74, 6) is -0.542. The van der Waals surface area contributed by atoms with Crippen LogP contribution in [0.25, 0.3) is 17.2 Å². The zero-order valence-electron chi connectivity index (χ0n) is 18.1. The third-order valence-electron chi connectivity index (χ3n) is 4.67. The van der Waals surface area contributed by atoms with Crippen LogP contribution in [-0.2, 0) is 21.9 Å². The second-order valence-corrected chi connectivity index (χ2v) is 8.81. The lowest BCUT2D eigenvalue weighted by Gasteiger charge is -2.19. The van der Waals surface area contributed by atoms with Crippen LogP contribution in [0.1, 0.15) is 16.7 Å². The summed E-state index contributed by atoms with van der Waals surface area (Å²) in [5, 5.41) is 2.42. The number of alkyl halides is 6. The zero-order chi connectivity index (χ0) is 26.0. The normalized spacial score (nSPS) is 15.5. The number of carbonyl (C=O) groups excluding carboxylic acids is 1. The number of ether oxygens (including phenoxy) is 3. The first-order valence-corrected chi connectivity index (χ1v) is 10.9. The molecule has 0 saturated carbocycles. The summed E-state index contributed by atoms with van der Waals surface area (Å²) in [4.78, 5) is 12.2. The van der Waals surface area contributed by atoms with Crippen molar-refractivity contribution in [1.29, 1.82) is 0 Å². The molecule has 0 atom stereocenters. The van der Waals surface area contributed by atoms with Crippen LogP contribution in [0.3, 0.4) is 0 Å². The Morgan fingerprint density at radius 2 is 1.60 bits per heavy atom. The van der Waals surface area contributed by atoms with Crippen LogP contribution >= 0.6 is 24.0 Å². The fourth-order valence-corrected chi connectivity index (χ4v) is 4.18. The molecule has 1 saturated heterocycles. The summed E-state index contributed by atoms with van der Waals surface area (Å²) in [6.45, 7) is 0.0386. The molecule has 0 unspecified atom stereocenters. The average Bonchev–Trinajstić information content (AvgIpc) is 3.09. The number of nitrogens with one attached hydrogen (secondary N) is 1. The van der Waals surface area contributed by atoms with Gasteiger partial charge in [-0.15, -0.1) is 0 Å². The van der Waals surface area contributed by atoms with E-state index in [1.54, 1.807) is 0 Å². The van der Waals surface area contributed by atoms with E-state index >= 15 is 0 Å². The molecule has 13 heteroatoms. The van der Waals surface area contributed by atoms with Crippen LogP contribution in [0, 0.1) is 0 Å². The Morgan fingerprint density at radius 3 is 2.09 bits per heavy atom. The van der Waals surface area contributed by atoms with Gasteiger partial charge in [-0.05, 0) is 47.5 Å². The summed E-state index contributed by atoms with van der Waals surface area (Å²) in [6, 6.07) is 3.97. The fraction of sp³-hybridized carbons (Fsp3) is 0.273. The number of methoxy groups -OCH3 is 2. The molecule has 3 rings (SSSR count). The highest BCUT2D eigenvalue weighted by Crippen LogP contribution is 2.44. The van der Waals surface area contributed by atoms with Gasteiger partial charge in [0.05, 0.1) is 29.7 Å². The Hall–Kier alpha value is -2.77. The van der Waals surface area contributed by atoms with Crippen LogP contribution in [0.5, 0.6) is 11.5 Å². The van der Waals surface area contributed by atoms with Gasteiger partial charge in [0, 0.05) is 12.7 Å². The molecule has 5 nitrogen and oxygen atoms in total. The lowest BCUT2D eigenvalue weighted by molar-refractivity contribution is -0.143. The van der Waals surface area contributed by atoms with E-state index in [-0.39, 0.29) is 51.1 Å². The standard InChI is InChI=1S/C22H17F6NO4S2/c1-31-3-4-33-18-15(12-8-13(21(23,24)25)10-14(9-12)22(26,27)28)5-11(6-16(18)32-2)7-17-19(30)29-20(34)35-17/h5-10H,3-4H2,1-2H3,(H,29,30,34). The van der Waals surface area contributed by atoms with E-state index in [0.29, 0.717) is 12.1 Å². The number of thiocarbonyl (C=S) groups is 1. The van der Waals surface area contributed by atoms with E-state index < -0.39 is 35.0 Å². The highest BCUT2D eigenvalue weighted by Gasteiger charge is 2.37. The van der Waals surface area contributed by atoms with Crippen LogP contribution < -0.4 is 14.8 Å². The SMILES string of the molecule is COCCOc1c(OC)cc(C=C2SC(=S)NC2=O)cc1-c1cc(C(F)(F)F)cc(C(F)(F)F)c1. The van der Waals surface area contributed by atoms with Crippen LogP contribution in [-0.4, -0.2) is 37.7 Å². The Labute approximate surface area is 205 Å². The third-order valence-corrected chi connectivity index (χ3v) is 5.83. The molecule has 0 spiro atoms. The molecule has 0 aromatic heterocycles. The van der Waals surface area contributed by atoms with Crippen molar-refractivity contribution in [3.8, 4) is 22.6 Å². The van der Waals surface area contributed by atoms with Crippen molar-refractivity contribution in [2.24, 2.45) is 0 Å². The largest absolute Gasteiger partial charge is 0.493 e. The summed E-state index contributed by atoms with van der Waals surface area (Å²) < 4.78 is 96.9. The fourth-order valence-electron chi connectivity index (χ4n) is 3.13. The highest BCUT2D eigenvalue weighted by atomic mass is 32.2. The number of thioether (sulfide) groups is 1. The van der Waals surface area contributed by atoms with E-state index in [2.05, 4.69) is 5.32 Å². The quantitative estimate of drug-likeness (QED) is 0.205. The van der Waals surface area contributed by atoms with E-state index in [4.69, 9.17) is 26.4 Å². The van der Waals surface area contributed by atoms with Crippen molar-refractivity contribution in [1.82, 2.24) is 5.32 Å². The molecular weight excluding hydrogens is 520 g/mol. The number of halogens is 6. The van der Waals surface area contributed by atoms with Crippen molar-refractivity contribution in [2.45, 2.75) is 12.4 Å². The molecule has 0 aliphatic carbocycles. The number of benzene rings is 2. The van der Waals surface area contributed by atoms with Crippen LogP contribution in [0.4, 0.5) is 26.3 Å². The van der Waals surface area contributed by atoms with Gasteiger partial charge in [0.1, 0.15) is 10.9 Å². The van der Waals surface area contributed by atoms with Gasteiger partial charge < -0.3 is 19.5 Å². The van der Waals surface area contributed by atoms with Gasteiger partial charge in [0.25, 0.3) is 5.91 Å². The molecule has 1 aliphatic rings. The van der Waals surface area contributed by atoms with Gasteiger partial charge in [0.15, 0.2) is 11.5 Å². The summed E-state index contributed by atoms with van der Waals surface area (Å²) in [5.41, 5.74) is -3.20. The minimum absolute atomic E-state index is 0.0300. The van der Waals surface area contributed by atoms with Crippen molar-refractivity contribution in [2.75, 3.05) is 27.4 Å². The molecule has 2 aromatic carbocycles. The van der Waals surface area contributed by atoms with Crippen molar-refractivity contribution >= 4 is 40.3 Å². The van der Waals surface area contributed by atoms with Gasteiger partial charge >= 0.3 is 12.4 Å². The van der Waals surface area contributed by atoms with Crippen LogP contribution in [0.15, 0.2) is 35.2 Å². The van der Waals surface area contributed by atoms with Gasteiger partial charge in [-0.25, -0.2) is 0 Å². The minimum atomic E-state index is -5.04. The van der Waals surface area contributed by atoms with E-state index in [1.165, 1.54) is 32.4 Å². The molecule has 1 heterocycles. The van der Waals surface area contributed by atoms with Crippen molar-refractivity contribution in [3.05, 3.63) is 51.9 Å². The van der Waals surface area contributed by atoms with Gasteiger partial charge in [-0.1, -0.05) is 24.0 Å². The molecule has 188 valence electrons. The first kappa shape index (κ1) is 26.8. The smallest absolute Gasteiger partial charge is 0.416 e.